The van der Waals surface area contributed by atoms with Gasteiger partial charge < -0.3 is 5.32 Å². The predicted octanol–water partition coefficient (Wildman–Crippen LogP) is 3.76. The van der Waals surface area contributed by atoms with E-state index in [9.17, 15) is 0 Å². The molecule has 1 N–H and O–H groups in total. The molecule has 1 atom stereocenters. The minimum absolute atomic E-state index is 0.184. The second kappa shape index (κ2) is 6.95. The summed E-state index contributed by atoms with van der Waals surface area (Å²) >= 11 is 1.68. The van der Waals surface area contributed by atoms with Crippen LogP contribution in [0, 0.1) is 0 Å². The third-order valence-corrected chi connectivity index (χ3v) is 3.54. The predicted molar refractivity (Wildman–Crippen MR) is 81.3 cm³/mol. The maximum absolute atomic E-state index is 4.52. The van der Waals surface area contributed by atoms with Gasteiger partial charge in [-0.1, -0.05) is 36.4 Å². The molecule has 0 radical (unpaired) electrons. The molecule has 1 aromatic carbocycles. The van der Waals surface area contributed by atoms with Crippen LogP contribution in [0.25, 0.3) is 0 Å². The zero-order valence-corrected chi connectivity index (χ0v) is 11.7. The quantitative estimate of drug-likeness (QED) is 0.641. The minimum atomic E-state index is 0.184. The lowest BCUT2D eigenvalue weighted by Gasteiger charge is -2.10. The lowest BCUT2D eigenvalue weighted by Crippen LogP contribution is -2.12. The first kappa shape index (κ1) is 13.6. The van der Waals surface area contributed by atoms with Gasteiger partial charge in [0.15, 0.2) is 0 Å². The van der Waals surface area contributed by atoms with Gasteiger partial charge in [0.05, 0.1) is 12.4 Å². The summed E-state index contributed by atoms with van der Waals surface area (Å²) in [6.45, 7) is 5.77. The Kier molecular flexibility index (Phi) is 4.98. The first-order valence-corrected chi connectivity index (χ1v) is 7.14. The molecule has 0 aliphatic carbocycles. The van der Waals surface area contributed by atoms with E-state index < -0.39 is 0 Å². The van der Waals surface area contributed by atoms with Gasteiger partial charge in [-0.05, 0) is 12.5 Å². The summed E-state index contributed by atoms with van der Waals surface area (Å²) < 4.78 is 0. The van der Waals surface area contributed by atoms with Crippen LogP contribution in [0.5, 0.6) is 0 Å². The van der Waals surface area contributed by atoms with E-state index in [2.05, 4.69) is 34.0 Å². The number of aromatic nitrogens is 2. The van der Waals surface area contributed by atoms with Gasteiger partial charge in [0.2, 0.25) is 0 Å². The van der Waals surface area contributed by atoms with E-state index in [1.165, 1.54) is 5.56 Å². The molecule has 2 aromatic rings. The second-order valence-corrected chi connectivity index (χ2v) is 5.18. The third kappa shape index (κ3) is 4.41. The number of benzene rings is 1. The zero-order chi connectivity index (χ0) is 13.5. The first-order chi connectivity index (χ1) is 9.28. The first-order valence-electron chi connectivity index (χ1n) is 6.16. The smallest absolute Gasteiger partial charge is 0.146 e. The van der Waals surface area contributed by atoms with Gasteiger partial charge in [0, 0.05) is 11.8 Å². The van der Waals surface area contributed by atoms with Crippen LogP contribution in [0.1, 0.15) is 12.5 Å². The van der Waals surface area contributed by atoms with Gasteiger partial charge in [-0.3, -0.25) is 4.98 Å². The Balaban J connectivity index is 1.97. The van der Waals surface area contributed by atoms with Crippen molar-refractivity contribution in [3.8, 4) is 0 Å². The van der Waals surface area contributed by atoms with Crippen LogP contribution in [0.3, 0.4) is 0 Å². The van der Waals surface area contributed by atoms with E-state index in [0.29, 0.717) is 0 Å². The van der Waals surface area contributed by atoms with Crippen molar-refractivity contribution in [2.75, 3.05) is 5.32 Å². The molecule has 0 spiro atoms. The van der Waals surface area contributed by atoms with Crippen molar-refractivity contribution >= 4 is 17.6 Å². The largest absolute Gasteiger partial charge is 0.363 e. The molecule has 0 aliphatic heterocycles. The van der Waals surface area contributed by atoms with E-state index in [-0.39, 0.29) is 6.04 Å². The summed E-state index contributed by atoms with van der Waals surface area (Å²) in [5, 5.41) is 4.15. The number of nitrogens with zero attached hydrogens (tertiary/aromatic N) is 2. The summed E-state index contributed by atoms with van der Waals surface area (Å²) in [6.07, 6.45) is 5.36. The molecule has 19 heavy (non-hydrogen) atoms. The molecule has 3 nitrogen and oxygen atoms in total. The van der Waals surface area contributed by atoms with Crippen molar-refractivity contribution < 1.29 is 0 Å². The maximum Gasteiger partial charge on any atom is 0.146 e. The lowest BCUT2D eigenvalue weighted by molar-refractivity contribution is 0.951. The summed E-state index contributed by atoms with van der Waals surface area (Å²) in [7, 11) is 0. The normalized spacial score (nSPS) is 11.8. The fraction of sp³-hybridized carbons (Fsp3) is 0.200. The molecule has 0 saturated heterocycles. The average molecular weight is 271 g/mol. The summed E-state index contributed by atoms with van der Waals surface area (Å²) in [5.74, 6) is 1.68. The van der Waals surface area contributed by atoms with E-state index in [1.54, 1.807) is 24.2 Å². The van der Waals surface area contributed by atoms with Crippen molar-refractivity contribution in [1.29, 1.82) is 0 Å². The monoisotopic (exact) mass is 271 g/mol. The molecule has 1 heterocycles. The topological polar surface area (TPSA) is 37.8 Å². The van der Waals surface area contributed by atoms with Crippen LogP contribution in [-0.4, -0.2) is 16.0 Å². The molecule has 2 rings (SSSR count). The van der Waals surface area contributed by atoms with Crippen LogP contribution in [0.4, 0.5) is 5.82 Å². The second-order valence-electron chi connectivity index (χ2n) is 4.19. The lowest BCUT2D eigenvalue weighted by atomic mass is 10.2. The molecule has 1 aromatic heterocycles. The Morgan fingerprint density at radius 3 is 2.84 bits per heavy atom. The molecule has 4 heteroatoms. The number of nitrogens with one attached hydrogen (secondary N) is 1. The highest BCUT2D eigenvalue weighted by Gasteiger charge is 2.02. The minimum Gasteiger partial charge on any atom is -0.363 e. The van der Waals surface area contributed by atoms with Crippen LogP contribution < -0.4 is 5.32 Å². The van der Waals surface area contributed by atoms with Gasteiger partial charge in [0.1, 0.15) is 10.8 Å². The molecule has 1 unspecified atom stereocenters. The fourth-order valence-corrected chi connectivity index (χ4v) is 2.32. The Hall–Kier alpha value is -1.81. The highest BCUT2D eigenvalue weighted by molar-refractivity contribution is 7.98. The van der Waals surface area contributed by atoms with Gasteiger partial charge >= 0.3 is 0 Å². The van der Waals surface area contributed by atoms with E-state index in [1.807, 2.05) is 31.2 Å². The summed E-state index contributed by atoms with van der Waals surface area (Å²) in [6, 6.07) is 10.5. The molecule has 0 amide bonds. The molecule has 0 saturated carbocycles. The van der Waals surface area contributed by atoms with Crippen LogP contribution >= 0.6 is 11.8 Å². The molecule has 0 bridgehead atoms. The molecule has 98 valence electrons. The number of rotatable bonds is 6. The van der Waals surface area contributed by atoms with Crippen molar-refractivity contribution in [2.45, 2.75) is 23.7 Å². The highest BCUT2D eigenvalue weighted by Crippen LogP contribution is 2.21. The molecule has 0 aliphatic rings. The standard InChI is InChI=1S/C15H17N3S/c1-3-12(2)17-14-9-16-10-15(18-14)19-11-13-7-5-4-6-8-13/h3-10,12H,1,11H2,2H3,(H,17,18). The molecule has 0 fully saturated rings. The Morgan fingerprint density at radius 1 is 1.32 bits per heavy atom. The number of hydrogen-bond acceptors (Lipinski definition) is 4. The Morgan fingerprint density at radius 2 is 2.11 bits per heavy atom. The fourth-order valence-electron chi connectivity index (χ4n) is 1.51. The molecular formula is C15H17N3S. The van der Waals surface area contributed by atoms with Gasteiger partial charge in [-0.15, -0.1) is 18.3 Å². The van der Waals surface area contributed by atoms with Crippen molar-refractivity contribution in [3.63, 3.8) is 0 Å². The number of thioether (sulfide) groups is 1. The van der Waals surface area contributed by atoms with Crippen molar-refractivity contribution in [2.24, 2.45) is 0 Å². The van der Waals surface area contributed by atoms with Gasteiger partial charge in [0.25, 0.3) is 0 Å². The van der Waals surface area contributed by atoms with Crippen molar-refractivity contribution in [1.82, 2.24) is 9.97 Å². The number of hydrogen-bond donors (Lipinski definition) is 1. The van der Waals surface area contributed by atoms with Gasteiger partial charge in [-0.2, -0.15) is 0 Å². The van der Waals surface area contributed by atoms with E-state index in [4.69, 9.17) is 0 Å². The van der Waals surface area contributed by atoms with E-state index in [0.717, 1.165) is 16.6 Å². The summed E-state index contributed by atoms with van der Waals surface area (Å²) in [4.78, 5) is 8.72. The Labute approximate surface area is 118 Å². The Bertz CT molecular complexity index is 528. The van der Waals surface area contributed by atoms with Crippen LogP contribution in [-0.2, 0) is 5.75 Å². The van der Waals surface area contributed by atoms with Gasteiger partial charge in [-0.25, -0.2) is 4.98 Å². The SMILES string of the molecule is C=CC(C)Nc1cncc(SCc2ccccc2)n1. The van der Waals surface area contributed by atoms with Crippen LogP contribution in [0.15, 0.2) is 60.4 Å². The van der Waals surface area contributed by atoms with Crippen molar-refractivity contribution in [3.05, 3.63) is 60.9 Å². The average Bonchev–Trinajstić information content (AvgIpc) is 2.46. The maximum atomic E-state index is 4.52. The van der Waals surface area contributed by atoms with Crippen LogP contribution in [0.2, 0.25) is 0 Å². The third-order valence-electron chi connectivity index (χ3n) is 2.57. The highest BCUT2D eigenvalue weighted by atomic mass is 32.2. The zero-order valence-electron chi connectivity index (χ0n) is 10.9. The summed E-state index contributed by atoms with van der Waals surface area (Å²) in [5.41, 5.74) is 1.28. The number of anilines is 1. The molecular weight excluding hydrogens is 254 g/mol. The van der Waals surface area contributed by atoms with E-state index >= 15 is 0 Å².